The van der Waals surface area contributed by atoms with Gasteiger partial charge < -0.3 is 5.73 Å². The van der Waals surface area contributed by atoms with Gasteiger partial charge in [0.1, 0.15) is 5.82 Å². The molecule has 0 amide bonds. The average molecular weight is 160 g/mol. The third kappa shape index (κ3) is 1.18. The summed E-state index contributed by atoms with van der Waals surface area (Å²) in [5, 5.41) is 7.61. The van der Waals surface area contributed by atoms with Gasteiger partial charge in [-0.1, -0.05) is 0 Å². The average Bonchev–Trinajstić information content (AvgIpc) is 2.56. The molecule has 0 atom stereocenters. The van der Waals surface area contributed by atoms with Crippen molar-refractivity contribution in [3.63, 3.8) is 0 Å². The molecule has 0 aromatic carbocycles. The largest absolute Gasteiger partial charge is 0.384 e. The summed E-state index contributed by atoms with van der Waals surface area (Å²) in [4.78, 5) is 3.90. The molecule has 0 saturated heterocycles. The number of azo groups is 1. The molecule has 2 rings (SSSR count). The van der Waals surface area contributed by atoms with Crippen LogP contribution in [0.2, 0.25) is 0 Å². The Morgan fingerprint density at radius 1 is 1.42 bits per heavy atom. The van der Waals surface area contributed by atoms with Crippen LogP contribution in [0.25, 0.3) is 5.57 Å². The lowest BCUT2D eigenvalue weighted by Crippen LogP contribution is -1.92. The molecule has 2 heterocycles. The van der Waals surface area contributed by atoms with Crippen LogP contribution in [0.1, 0.15) is 5.56 Å². The van der Waals surface area contributed by atoms with Crippen molar-refractivity contribution in [2.75, 3.05) is 12.3 Å². The summed E-state index contributed by atoms with van der Waals surface area (Å²) < 4.78 is 0. The molecular formula is C8H8N4. The number of nitrogens with two attached hydrogens (primary N) is 1. The van der Waals surface area contributed by atoms with Crippen LogP contribution in [0.15, 0.2) is 34.8 Å². The van der Waals surface area contributed by atoms with Crippen LogP contribution in [0, 0.1) is 0 Å². The molecule has 0 bridgehead atoms. The minimum atomic E-state index is 0.528. The lowest BCUT2D eigenvalue weighted by atomic mass is 10.1. The molecule has 1 aromatic rings. The van der Waals surface area contributed by atoms with Crippen LogP contribution in [-0.4, -0.2) is 11.5 Å². The molecule has 60 valence electrons. The van der Waals surface area contributed by atoms with Crippen LogP contribution in [0.3, 0.4) is 0 Å². The van der Waals surface area contributed by atoms with E-state index in [9.17, 15) is 0 Å². The first-order valence-electron chi connectivity index (χ1n) is 3.64. The van der Waals surface area contributed by atoms with Gasteiger partial charge in [0.2, 0.25) is 0 Å². The van der Waals surface area contributed by atoms with Gasteiger partial charge in [-0.2, -0.15) is 10.2 Å². The number of hydrogen-bond donors (Lipinski definition) is 1. The molecule has 0 saturated carbocycles. The zero-order valence-corrected chi connectivity index (χ0v) is 6.44. The highest BCUT2D eigenvalue weighted by molar-refractivity contribution is 5.69. The monoisotopic (exact) mass is 160 g/mol. The van der Waals surface area contributed by atoms with Gasteiger partial charge >= 0.3 is 0 Å². The summed E-state index contributed by atoms with van der Waals surface area (Å²) in [6.07, 6.45) is 3.43. The van der Waals surface area contributed by atoms with Gasteiger partial charge in [-0.25, -0.2) is 4.98 Å². The molecule has 0 aliphatic carbocycles. The van der Waals surface area contributed by atoms with Gasteiger partial charge in [-0.05, 0) is 17.7 Å². The van der Waals surface area contributed by atoms with E-state index < -0.39 is 0 Å². The van der Waals surface area contributed by atoms with Gasteiger partial charge in [-0.3, -0.25) is 0 Å². The minimum Gasteiger partial charge on any atom is -0.384 e. The van der Waals surface area contributed by atoms with Gasteiger partial charge in [0.25, 0.3) is 0 Å². The Balaban J connectivity index is 2.35. The normalized spacial score (nSPS) is 14.8. The summed E-state index contributed by atoms with van der Waals surface area (Å²) in [5.41, 5.74) is 7.66. The lowest BCUT2D eigenvalue weighted by molar-refractivity contribution is 1.14. The molecule has 0 unspecified atom stereocenters. The van der Waals surface area contributed by atoms with Gasteiger partial charge in [0.05, 0.1) is 12.7 Å². The van der Waals surface area contributed by atoms with E-state index in [1.165, 1.54) is 0 Å². The number of anilines is 1. The summed E-state index contributed by atoms with van der Waals surface area (Å²) in [7, 11) is 0. The lowest BCUT2D eigenvalue weighted by Gasteiger charge is -1.99. The highest BCUT2D eigenvalue weighted by atomic mass is 15.1. The molecule has 1 aliphatic rings. The predicted molar refractivity (Wildman–Crippen MR) is 46.3 cm³/mol. The summed E-state index contributed by atoms with van der Waals surface area (Å²) in [5.74, 6) is 0.528. The quantitative estimate of drug-likeness (QED) is 0.676. The van der Waals surface area contributed by atoms with Crippen molar-refractivity contribution in [3.05, 3.63) is 30.1 Å². The topological polar surface area (TPSA) is 63.6 Å². The van der Waals surface area contributed by atoms with E-state index in [4.69, 9.17) is 5.73 Å². The van der Waals surface area contributed by atoms with Gasteiger partial charge in [-0.15, -0.1) is 0 Å². The molecule has 4 heteroatoms. The van der Waals surface area contributed by atoms with Crippen LogP contribution >= 0.6 is 0 Å². The fourth-order valence-electron chi connectivity index (χ4n) is 1.08. The summed E-state index contributed by atoms with van der Waals surface area (Å²) in [6, 6.07) is 3.72. The first-order chi connectivity index (χ1) is 5.86. The van der Waals surface area contributed by atoms with Gasteiger partial charge in [0.15, 0.2) is 0 Å². The van der Waals surface area contributed by atoms with Crippen LogP contribution in [0.5, 0.6) is 0 Å². The number of rotatable bonds is 1. The number of aromatic nitrogens is 1. The number of hydrogen-bond acceptors (Lipinski definition) is 4. The minimum absolute atomic E-state index is 0.528. The third-order valence-corrected chi connectivity index (χ3v) is 1.69. The molecule has 0 spiro atoms. The van der Waals surface area contributed by atoms with Crippen molar-refractivity contribution in [1.29, 1.82) is 0 Å². The molecule has 0 radical (unpaired) electrons. The van der Waals surface area contributed by atoms with Crippen molar-refractivity contribution in [2.45, 2.75) is 0 Å². The van der Waals surface area contributed by atoms with Gasteiger partial charge in [0, 0.05) is 11.8 Å². The van der Waals surface area contributed by atoms with Crippen molar-refractivity contribution in [1.82, 2.24) is 4.98 Å². The Hall–Kier alpha value is -1.71. The zero-order chi connectivity index (χ0) is 8.39. The summed E-state index contributed by atoms with van der Waals surface area (Å²) >= 11 is 0. The molecule has 12 heavy (non-hydrogen) atoms. The Bertz CT molecular complexity index is 354. The second-order valence-electron chi connectivity index (χ2n) is 2.54. The SMILES string of the molecule is Nc1cc(C2=CN=NC2)ccn1. The molecule has 2 N–H and O–H groups in total. The molecule has 0 fully saturated rings. The molecule has 1 aliphatic heterocycles. The van der Waals surface area contributed by atoms with E-state index in [2.05, 4.69) is 15.2 Å². The number of nitrogen functional groups attached to an aromatic ring is 1. The molecule has 1 aromatic heterocycles. The second-order valence-corrected chi connectivity index (χ2v) is 2.54. The smallest absolute Gasteiger partial charge is 0.123 e. The van der Waals surface area contributed by atoms with E-state index in [0.29, 0.717) is 12.4 Å². The van der Waals surface area contributed by atoms with Crippen LogP contribution in [0.4, 0.5) is 5.82 Å². The van der Waals surface area contributed by atoms with E-state index in [1.54, 1.807) is 12.4 Å². The third-order valence-electron chi connectivity index (χ3n) is 1.69. The Kier molecular flexibility index (Phi) is 1.59. The van der Waals surface area contributed by atoms with Crippen molar-refractivity contribution >= 4 is 11.4 Å². The first kappa shape index (κ1) is 6.97. The van der Waals surface area contributed by atoms with E-state index in [1.807, 2.05) is 12.1 Å². The predicted octanol–water partition coefficient (Wildman–Crippen LogP) is 1.47. The van der Waals surface area contributed by atoms with E-state index >= 15 is 0 Å². The highest BCUT2D eigenvalue weighted by Crippen LogP contribution is 2.19. The van der Waals surface area contributed by atoms with Crippen molar-refractivity contribution in [3.8, 4) is 0 Å². The van der Waals surface area contributed by atoms with E-state index in [-0.39, 0.29) is 0 Å². The van der Waals surface area contributed by atoms with Crippen molar-refractivity contribution in [2.24, 2.45) is 10.2 Å². The highest BCUT2D eigenvalue weighted by Gasteiger charge is 2.04. The van der Waals surface area contributed by atoms with Crippen LogP contribution < -0.4 is 5.73 Å². The van der Waals surface area contributed by atoms with E-state index in [0.717, 1.165) is 11.1 Å². The Morgan fingerprint density at radius 3 is 3.00 bits per heavy atom. The molecular weight excluding hydrogens is 152 g/mol. The maximum atomic E-state index is 5.53. The Morgan fingerprint density at radius 2 is 2.33 bits per heavy atom. The number of pyridine rings is 1. The first-order valence-corrected chi connectivity index (χ1v) is 3.64. The fraction of sp³-hybridized carbons (Fsp3) is 0.125. The zero-order valence-electron chi connectivity index (χ0n) is 6.44. The standard InChI is InChI=1S/C8H8N4/c9-8-3-6(1-2-10-8)7-4-11-12-5-7/h1-4H,5H2,(H2,9,10). The maximum absolute atomic E-state index is 5.53. The molecule has 4 nitrogen and oxygen atoms in total. The van der Waals surface area contributed by atoms with Crippen molar-refractivity contribution < 1.29 is 0 Å². The van der Waals surface area contributed by atoms with Crippen LogP contribution in [-0.2, 0) is 0 Å². The Labute approximate surface area is 69.8 Å². The summed E-state index contributed by atoms with van der Waals surface area (Å²) in [6.45, 7) is 0.642. The number of nitrogens with zero attached hydrogens (tertiary/aromatic N) is 3. The maximum Gasteiger partial charge on any atom is 0.123 e. The fourth-order valence-corrected chi connectivity index (χ4v) is 1.08. The second kappa shape index (κ2) is 2.73.